The first-order chi connectivity index (χ1) is 20.0. The fourth-order valence-electron chi connectivity index (χ4n) is 5.89. The van der Waals surface area contributed by atoms with Crippen molar-refractivity contribution in [2.24, 2.45) is 0 Å². The summed E-state index contributed by atoms with van der Waals surface area (Å²) < 4.78 is 51.7. The molecule has 0 spiro atoms. The maximum Gasteiger partial charge on any atom is 0.416 e. The monoisotopic (exact) mass is 582 g/mol. The number of carbonyl (C=O) groups is 2. The number of hydrogen-bond acceptors (Lipinski definition) is 7. The number of Topliss-reactive ketones (excluding diaryl/α,β-unsaturated/α-hetero) is 2. The number of ether oxygens (including phenoxy) is 2. The van der Waals surface area contributed by atoms with Gasteiger partial charge in [-0.05, 0) is 62.8 Å². The molecule has 0 unspecified atom stereocenters. The van der Waals surface area contributed by atoms with Crippen molar-refractivity contribution < 1.29 is 37.2 Å². The van der Waals surface area contributed by atoms with Crippen molar-refractivity contribution in [2.45, 2.75) is 64.0 Å². The fourth-order valence-corrected chi connectivity index (χ4v) is 5.89. The molecule has 1 N–H and O–H groups in total. The topological polar surface area (TPSA) is 108 Å². The van der Waals surface area contributed by atoms with Gasteiger partial charge >= 0.3 is 11.9 Å². The molecule has 0 saturated carbocycles. The molecule has 11 heteroatoms. The molecule has 2 aliphatic carbocycles. The normalized spacial score (nSPS) is 17.4. The van der Waals surface area contributed by atoms with Crippen LogP contribution in [0.15, 0.2) is 65.5 Å². The van der Waals surface area contributed by atoms with E-state index in [1.54, 1.807) is 25.1 Å². The molecule has 2 aromatic carbocycles. The van der Waals surface area contributed by atoms with Gasteiger partial charge in [0.25, 0.3) is 0 Å². The Morgan fingerprint density at radius 1 is 1.02 bits per heavy atom. The van der Waals surface area contributed by atoms with Gasteiger partial charge in [0.2, 0.25) is 5.75 Å². The van der Waals surface area contributed by atoms with Crippen molar-refractivity contribution >= 4 is 17.3 Å². The van der Waals surface area contributed by atoms with E-state index in [0.717, 1.165) is 17.5 Å². The SMILES string of the molecule is C=CCc1cc(C2C3=C(CCCC3=O)NC3=C2C(=O)CCC3)cc(OCC)c1Oc1ccc(C(F)(F)F)cc1[N+](=O)[O-]. The summed E-state index contributed by atoms with van der Waals surface area (Å²) in [5.74, 6) is -0.853. The molecule has 1 aliphatic heterocycles. The molecule has 0 fully saturated rings. The highest BCUT2D eigenvalue weighted by molar-refractivity contribution is 6.06. The van der Waals surface area contributed by atoms with Gasteiger partial charge in [-0.15, -0.1) is 6.58 Å². The Bertz CT molecular complexity index is 1510. The number of dihydropyridines is 1. The average Bonchev–Trinajstić information content (AvgIpc) is 2.93. The summed E-state index contributed by atoms with van der Waals surface area (Å²) in [6.45, 7) is 5.70. The van der Waals surface area contributed by atoms with E-state index < -0.39 is 34.0 Å². The minimum atomic E-state index is -4.78. The van der Waals surface area contributed by atoms with Crippen LogP contribution in [0.2, 0.25) is 0 Å². The van der Waals surface area contributed by atoms with Crippen molar-refractivity contribution in [3.63, 3.8) is 0 Å². The van der Waals surface area contributed by atoms with Crippen LogP contribution in [0.3, 0.4) is 0 Å². The first-order valence-electron chi connectivity index (χ1n) is 13.8. The molecular weight excluding hydrogens is 553 g/mol. The zero-order valence-corrected chi connectivity index (χ0v) is 22.9. The first kappa shape index (κ1) is 29.1. The van der Waals surface area contributed by atoms with Gasteiger partial charge in [0, 0.05) is 52.9 Å². The molecule has 0 amide bonds. The number of allylic oxidation sites excluding steroid dienone is 5. The Labute approximate surface area is 240 Å². The highest BCUT2D eigenvalue weighted by atomic mass is 19.4. The minimum absolute atomic E-state index is 0.0393. The third-order valence-corrected chi connectivity index (χ3v) is 7.64. The number of nitro groups is 1. The number of rotatable bonds is 8. The number of ketones is 2. The predicted octanol–water partition coefficient (Wildman–Crippen LogP) is 7.23. The van der Waals surface area contributed by atoms with Gasteiger partial charge < -0.3 is 14.8 Å². The second-order valence-electron chi connectivity index (χ2n) is 10.4. The van der Waals surface area contributed by atoms with Crippen molar-refractivity contribution in [3.8, 4) is 17.2 Å². The lowest BCUT2D eigenvalue weighted by molar-refractivity contribution is -0.385. The number of nitrogens with zero attached hydrogens (tertiary/aromatic N) is 1. The summed E-state index contributed by atoms with van der Waals surface area (Å²) in [5.41, 5.74) is 1.79. The molecule has 2 aromatic rings. The molecule has 220 valence electrons. The van der Waals surface area contributed by atoms with E-state index in [1.165, 1.54) is 0 Å². The van der Waals surface area contributed by atoms with Gasteiger partial charge in [-0.1, -0.05) is 12.1 Å². The summed E-state index contributed by atoms with van der Waals surface area (Å²) in [4.78, 5) is 37.3. The van der Waals surface area contributed by atoms with E-state index in [2.05, 4.69) is 11.9 Å². The van der Waals surface area contributed by atoms with Crippen LogP contribution in [0.1, 0.15) is 68.1 Å². The van der Waals surface area contributed by atoms with E-state index in [9.17, 15) is 32.9 Å². The summed E-state index contributed by atoms with van der Waals surface area (Å²) >= 11 is 0. The van der Waals surface area contributed by atoms with Crippen molar-refractivity contribution in [3.05, 3.63) is 92.3 Å². The lowest BCUT2D eigenvalue weighted by Gasteiger charge is -2.37. The first-order valence-corrected chi connectivity index (χ1v) is 13.8. The van der Waals surface area contributed by atoms with Crippen LogP contribution in [0.4, 0.5) is 18.9 Å². The number of benzene rings is 2. The number of nitro benzene ring substituents is 1. The third-order valence-electron chi connectivity index (χ3n) is 7.64. The molecule has 8 nitrogen and oxygen atoms in total. The molecule has 42 heavy (non-hydrogen) atoms. The molecule has 0 bridgehead atoms. The maximum absolute atomic E-state index is 13.3. The zero-order chi connectivity index (χ0) is 30.2. The smallest absolute Gasteiger partial charge is 0.416 e. The van der Waals surface area contributed by atoms with Gasteiger partial charge in [0.15, 0.2) is 23.1 Å². The summed E-state index contributed by atoms with van der Waals surface area (Å²) in [6, 6.07) is 5.45. The Balaban J connectivity index is 1.68. The van der Waals surface area contributed by atoms with Crippen LogP contribution in [0.5, 0.6) is 17.2 Å². The summed E-state index contributed by atoms with van der Waals surface area (Å²) in [6.07, 6.45) is 0.517. The number of halogens is 3. The zero-order valence-electron chi connectivity index (χ0n) is 22.9. The van der Waals surface area contributed by atoms with E-state index in [4.69, 9.17) is 9.47 Å². The van der Waals surface area contributed by atoms with Crippen LogP contribution in [-0.4, -0.2) is 23.1 Å². The summed E-state index contributed by atoms with van der Waals surface area (Å²) in [5, 5.41) is 15.1. The highest BCUT2D eigenvalue weighted by Gasteiger charge is 2.41. The quantitative estimate of drug-likeness (QED) is 0.199. The van der Waals surface area contributed by atoms with Gasteiger partial charge in [-0.2, -0.15) is 13.2 Å². The summed E-state index contributed by atoms with van der Waals surface area (Å²) in [7, 11) is 0. The van der Waals surface area contributed by atoms with Crippen LogP contribution in [0.25, 0.3) is 0 Å². The Kier molecular flexibility index (Phi) is 7.94. The van der Waals surface area contributed by atoms with E-state index in [1.807, 2.05) is 0 Å². The second kappa shape index (κ2) is 11.5. The van der Waals surface area contributed by atoms with Crippen molar-refractivity contribution in [1.82, 2.24) is 5.32 Å². The van der Waals surface area contributed by atoms with Gasteiger partial charge in [-0.3, -0.25) is 19.7 Å². The maximum atomic E-state index is 13.3. The van der Waals surface area contributed by atoms with Crippen LogP contribution >= 0.6 is 0 Å². The van der Waals surface area contributed by atoms with E-state index in [-0.39, 0.29) is 36.1 Å². The Hall–Kier alpha value is -4.41. The number of alkyl halides is 3. The Morgan fingerprint density at radius 2 is 1.67 bits per heavy atom. The Morgan fingerprint density at radius 3 is 2.21 bits per heavy atom. The van der Waals surface area contributed by atoms with Gasteiger partial charge in [-0.25, -0.2) is 0 Å². The van der Waals surface area contributed by atoms with E-state index >= 15 is 0 Å². The number of hydrogen-bond donors (Lipinski definition) is 1. The minimum Gasteiger partial charge on any atom is -0.490 e. The average molecular weight is 583 g/mol. The molecule has 1 heterocycles. The van der Waals surface area contributed by atoms with Gasteiger partial charge in [0.1, 0.15) is 0 Å². The molecule has 0 aromatic heterocycles. The molecule has 0 saturated heterocycles. The number of carbonyl (C=O) groups excluding carboxylic acids is 2. The van der Waals surface area contributed by atoms with Gasteiger partial charge in [0.05, 0.1) is 17.1 Å². The fraction of sp³-hybridized carbons (Fsp3) is 0.355. The predicted molar refractivity (Wildman–Crippen MR) is 147 cm³/mol. The lowest BCUT2D eigenvalue weighted by Crippen LogP contribution is -2.36. The van der Waals surface area contributed by atoms with E-state index in [0.29, 0.717) is 72.9 Å². The molecular formula is C31H29F3N2O6. The number of nitrogens with one attached hydrogen (secondary N) is 1. The lowest BCUT2D eigenvalue weighted by atomic mass is 9.71. The molecule has 5 rings (SSSR count). The molecule has 0 atom stereocenters. The molecule has 0 radical (unpaired) electrons. The molecule has 3 aliphatic rings. The van der Waals surface area contributed by atoms with Crippen molar-refractivity contribution in [1.29, 1.82) is 0 Å². The second-order valence-corrected chi connectivity index (χ2v) is 10.4. The van der Waals surface area contributed by atoms with Crippen LogP contribution in [-0.2, 0) is 22.2 Å². The highest BCUT2D eigenvalue weighted by Crippen LogP contribution is 2.49. The van der Waals surface area contributed by atoms with Crippen molar-refractivity contribution in [2.75, 3.05) is 6.61 Å². The van der Waals surface area contributed by atoms with Crippen LogP contribution < -0.4 is 14.8 Å². The standard InChI is InChI=1S/C31H29F3N2O6/c1-3-7-17-14-18(27-28-20(8-5-10-23(28)37)35-21-9-6-11-24(38)29(21)27)15-26(41-4-2)30(17)42-25-13-12-19(31(32,33)34)16-22(25)36(39)40/h3,12-16,27,35H,1,4-11H2,2H3. The van der Waals surface area contributed by atoms with Crippen LogP contribution in [0, 0.1) is 10.1 Å². The largest absolute Gasteiger partial charge is 0.490 e. The third kappa shape index (κ3) is 5.43.